The van der Waals surface area contributed by atoms with Crippen molar-refractivity contribution in [2.75, 3.05) is 5.75 Å². The predicted molar refractivity (Wildman–Crippen MR) is 91.1 cm³/mol. The van der Waals surface area contributed by atoms with Gasteiger partial charge >= 0.3 is 0 Å². The van der Waals surface area contributed by atoms with Crippen molar-refractivity contribution in [1.29, 1.82) is 0 Å². The highest BCUT2D eigenvalue weighted by atomic mass is 32.2. The molecule has 0 bridgehead atoms. The second-order valence-corrected chi connectivity index (χ2v) is 7.85. The zero-order chi connectivity index (χ0) is 13.8. The van der Waals surface area contributed by atoms with E-state index in [4.69, 9.17) is 0 Å². The largest absolute Gasteiger partial charge is 0.158 e. The summed E-state index contributed by atoms with van der Waals surface area (Å²) in [6.07, 6.45) is 19.1. The van der Waals surface area contributed by atoms with Gasteiger partial charge in [-0.3, -0.25) is 0 Å². The Labute approximate surface area is 126 Å². The van der Waals surface area contributed by atoms with E-state index in [1.807, 2.05) is 0 Å². The quantitative estimate of drug-likeness (QED) is 0.375. The molecule has 0 saturated heterocycles. The molecule has 0 N–H and O–H groups in total. The van der Waals surface area contributed by atoms with Gasteiger partial charge in [0.05, 0.1) is 0 Å². The molecule has 1 rings (SSSR count). The molecule has 0 aromatic rings. The summed E-state index contributed by atoms with van der Waals surface area (Å²) < 4.78 is 0. The van der Waals surface area contributed by atoms with Gasteiger partial charge in [0, 0.05) is 5.25 Å². The van der Waals surface area contributed by atoms with Gasteiger partial charge in [-0.25, -0.2) is 0 Å². The lowest BCUT2D eigenvalue weighted by atomic mass is 9.90. The Morgan fingerprint density at radius 1 is 0.789 bits per heavy atom. The first-order valence-electron chi connectivity index (χ1n) is 8.96. The molecule has 0 heterocycles. The summed E-state index contributed by atoms with van der Waals surface area (Å²) in [4.78, 5) is 0. The van der Waals surface area contributed by atoms with Crippen LogP contribution < -0.4 is 0 Å². The lowest BCUT2D eigenvalue weighted by Gasteiger charge is -2.28. The van der Waals surface area contributed by atoms with Crippen LogP contribution in [0.2, 0.25) is 0 Å². The first kappa shape index (κ1) is 17.4. The van der Waals surface area contributed by atoms with E-state index in [9.17, 15) is 0 Å². The van der Waals surface area contributed by atoms with E-state index in [-0.39, 0.29) is 0 Å². The topological polar surface area (TPSA) is 0 Å². The molecule has 19 heavy (non-hydrogen) atoms. The number of thioether (sulfide) groups is 1. The van der Waals surface area contributed by atoms with Gasteiger partial charge < -0.3 is 0 Å². The zero-order valence-corrected chi connectivity index (χ0v) is 14.3. The predicted octanol–water partition coefficient (Wildman–Crippen LogP) is 6.83. The maximum absolute atomic E-state index is 2.47. The molecule has 1 saturated carbocycles. The summed E-state index contributed by atoms with van der Waals surface area (Å²) in [6.45, 7) is 4.76. The van der Waals surface area contributed by atoms with E-state index in [0.717, 1.165) is 11.2 Å². The minimum Gasteiger partial charge on any atom is -0.158 e. The van der Waals surface area contributed by atoms with E-state index in [2.05, 4.69) is 25.6 Å². The van der Waals surface area contributed by atoms with Gasteiger partial charge in [0.15, 0.2) is 0 Å². The van der Waals surface area contributed by atoms with Crippen molar-refractivity contribution in [1.82, 2.24) is 0 Å². The van der Waals surface area contributed by atoms with Crippen molar-refractivity contribution < 1.29 is 0 Å². The van der Waals surface area contributed by atoms with E-state index in [1.54, 1.807) is 0 Å². The van der Waals surface area contributed by atoms with Crippen molar-refractivity contribution >= 4 is 11.8 Å². The summed E-state index contributed by atoms with van der Waals surface area (Å²) in [5.41, 5.74) is 0. The molecule has 1 aliphatic carbocycles. The Balaban J connectivity index is 1.80. The first-order chi connectivity index (χ1) is 9.34. The third kappa shape index (κ3) is 9.00. The Bertz CT molecular complexity index is 190. The molecule has 1 aliphatic rings. The van der Waals surface area contributed by atoms with Gasteiger partial charge in [-0.1, -0.05) is 78.1 Å². The molecule has 114 valence electrons. The lowest BCUT2D eigenvalue weighted by Crippen LogP contribution is -2.19. The number of unbranched alkanes of at least 4 members (excludes halogenated alkanes) is 8. The van der Waals surface area contributed by atoms with Crippen molar-refractivity contribution in [2.24, 2.45) is 5.92 Å². The van der Waals surface area contributed by atoms with E-state index in [0.29, 0.717) is 0 Å². The van der Waals surface area contributed by atoms with Gasteiger partial charge in [-0.2, -0.15) is 11.8 Å². The van der Waals surface area contributed by atoms with Crippen molar-refractivity contribution in [2.45, 2.75) is 103 Å². The highest BCUT2D eigenvalue weighted by Gasteiger charge is 2.20. The van der Waals surface area contributed by atoms with Gasteiger partial charge in [0.1, 0.15) is 0 Å². The van der Waals surface area contributed by atoms with Crippen LogP contribution in [0.3, 0.4) is 0 Å². The Hall–Kier alpha value is 0.350. The van der Waals surface area contributed by atoms with Crippen LogP contribution in [0.1, 0.15) is 97.3 Å². The molecule has 0 radical (unpaired) electrons. The Morgan fingerprint density at radius 2 is 1.37 bits per heavy atom. The fourth-order valence-corrected chi connectivity index (χ4v) is 4.65. The van der Waals surface area contributed by atoms with Crippen LogP contribution in [0.25, 0.3) is 0 Å². The van der Waals surface area contributed by atoms with Crippen molar-refractivity contribution in [3.63, 3.8) is 0 Å². The molecular formula is C18H36S. The van der Waals surface area contributed by atoms with E-state index in [1.165, 1.54) is 89.2 Å². The molecule has 0 aromatic heterocycles. The van der Waals surface area contributed by atoms with Crippen LogP contribution >= 0.6 is 11.8 Å². The molecule has 0 aromatic carbocycles. The summed E-state index contributed by atoms with van der Waals surface area (Å²) in [7, 11) is 0. The Morgan fingerprint density at radius 3 is 2.00 bits per heavy atom. The standard InChI is InChI=1S/C18H36S/c1-3-4-5-6-7-8-9-10-13-16-19-18-15-12-11-14-17(18)2/h17-18H,3-16H2,1-2H3. The monoisotopic (exact) mass is 284 g/mol. The second kappa shape index (κ2) is 12.1. The van der Waals surface area contributed by atoms with Gasteiger partial charge in [0.2, 0.25) is 0 Å². The van der Waals surface area contributed by atoms with Crippen LogP contribution in [-0.2, 0) is 0 Å². The SMILES string of the molecule is CCCCCCCCCCCSC1CCCCC1C. The van der Waals surface area contributed by atoms with E-state index < -0.39 is 0 Å². The minimum absolute atomic E-state index is 0.984. The average molecular weight is 285 g/mol. The molecule has 2 atom stereocenters. The molecular weight excluding hydrogens is 248 g/mol. The number of hydrogen-bond acceptors (Lipinski definition) is 1. The second-order valence-electron chi connectivity index (χ2n) is 6.50. The van der Waals surface area contributed by atoms with Crippen LogP contribution in [0.4, 0.5) is 0 Å². The highest BCUT2D eigenvalue weighted by molar-refractivity contribution is 7.99. The number of hydrogen-bond donors (Lipinski definition) is 0. The van der Waals surface area contributed by atoms with Crippen LogP contribution in [0.15, 0.2) is 0 Å². The van der Waals surface area contributed by atoms with E-state index >= 15 is 0 Å². The average Bonchev–Trinajstić information content (AvgIpc) is 2.43. The molecule has 0 spiro atoms. The third-order valence-corrected chi connectivity index (χ3v) is 6.27. The molecule has 1 fully saturated rings. The maximum atomic E-state index is 2.47. The van der Waals surface area contributed by atoms with Crippen LogP contribution in [0, 0.1) is 5.92 Å². The van der Waals surface area contributed by atoms with Crippen LogP contribution in [0.5, 0.6) is 0 Å². The summed E-state index contributed by atoms with van der Waals surface area (Å²) in [6, 6.07) is 0. The Kier molecular flexibility index (Phi) is 11.1. The highest BCUT2D eigenvalue weighted by Crippen LogP contribution is 2.33. The van der Waals surface area contributed by atoms with Gasteiger partial charge in [-0.15, -0.1) is 0 Å². The fraction of sp³-hybridized carbons (Fsp3) is 1.00. The van der Waals surface area contributed by atoms with Crippen LogP contribution in [-0.4, -0.2) is 11.0 Å². The van der Waals surface area contributed by atoms with Crippen molar-refractivity contribution in [3.05, 3.63) is 0 Å². The lowest BCUT2D eigenvalue weighted by molar-refractivity contribution is 0.397. The van der Waals surface area contributed by atoms with Gasteiger partial charge in [0.25, 0.3) is 0 Å². The maximum Gasteiger partial charge on any atom is 0.00726 e. The molecule has 0 amide bonds. The smallest absolute Gasteiger partial charge is 0.00726 e. The number of rotatable bonds is 11. The normalized spacial score (nSPS) is 23.7. The summed E-state index contributed by atoms with van der Waals surface area (Å²) >= 11 is 2.28. The third-order valence-electron chi connectivity index (χ3n) is 4.61. The minimum atomic E-state index is 0.984. The molecule has 0 nitrogen and oxygen atoms in total. The van der Waals surface area contributed by atoms with Gasteiger partial charge in [-0.05, 0) is 30.9 Å². The molecule has 1 heteroatoms. The van der Waals surface area contributed by atoms with Crippen molar-refractivity contribution in [3.8, 4) is 0 Å². The molecule has 0 aliphatic heterocycles. The summed E-state index contributed by atoms with van der Waals surface area (Å²) in [5.74, 6) is 2.41. The molecule has 2 unspecified atom stereocenters. The first-order valence-corrected chi connectivity index (χ1v) is 10.0. The zero-order valence-electron chi connectivity index (χ0n) is 13.5. The fourth-order valence-electron chi connectivity index (χ4n) is 3.18. The summed E-state index contributed by atoms with van der Waals surface area (Å²) in [5, 5.41) is 0.989.